The Bertz CT molecular complexity index is 868. The molecule has 0 aliphatic heterocycles. The van der Waals surface area contributed by atoms with E-state index in [0.29, 0.717) is 17.1 Å². The van der Waals surface area contributed by atoms with E-state index in [9.17, 15) is 13.6 Å². The number of nitrogens with one attached hydrogen (secondary N) is 3. The minimum Gasteiger partial charge on any atom is -0.353 e. The van der Waals surface area contributed by atoms with Gasteiger partial charge in [-0.05, 0) is 48.5 Å². The van der Waals surface area contributed by atoms with Crippen LogP contribution >= 0.6 is 0 Å². The number of hydrogen-bond acceptors (Lipinski definition) is 2. The highest BCUT2D eigenvalue weighted by atomic mass is 19.1. The van der Waals surface area contributed by atoms with Crippen molar-refractivity contribution in [2.45, 2.75) is 0 Å². The summed E-state index contributed by atoms with van der Waals surface area (Å²) in [7, 11) is 0. The summed E-state index contributed by atoms with van der Waals surface area (Å²) in [6.45, 7) is 0. The standard InChI is InChI=1S/C19H15F2N3O/c20-13-6-11-18(17(21)12-13)22-15-7-9-16(10-8-15)24-19(25)23-14-4-2-1-3-5-14/h1-12,22H,(H2,23,24,25). The van der Waals surface area contributed by atoms with E-state index in [-0.39, 0.29) is 11.7 Å². The second kappa shape index (κ2) is 7.44. The molecule has 0 fully saturated rings. The van der Waals surface area contributed by atoms with Crippen molar-refractivity contribution in [3.63, 3.8) is 0 Å². The Kier molecular flexibility index (Phi) is 4.89. The van der Waals surface area contributed by atoms with Gasteiger partial charge in [-0.2, -0.15) is 0 Å². The number of amides is 2. The van der Waals surface area contributed by atoms with Crippen LogP contribution in [0.5, 0.6) is 0 Å². The fourth-order valence-corrected chi connectivity index (χ4v) is 2.20. The van der Waals surface area contributed by atoms with Gasteiger partial charge in [0.05, 0.1) is 5.69 Å². The second-order valence-electron chi connectivity index (χ2n) is 5.27. The van der Waals surface area contributed by atoms with E-state index >= 15 is 0 Å². The van der Waals surface area contributed by atoms with Crippen molar-refractivity contribution < 1.29 is 13.6 Å². The highest BCUT2D eigenvalue weighted by molar-refractivity contribution is 5.99. The lowest BCUT2D eigenvalue weighted by Crippen LogP contribution is -2.19. The Labute approximate surface area is 143 Å². The summed E-state index contributed by atoms with van der Waals surface area (Å²) in [6.07, 6.45) is 0. The molecule has 4 nitrogen and oxygen atoms in total. The number of anilines is 4. The quantitative estimate of drug-likeness (QED) is 0.600. The number of carbonyl (C=O) groups excluding carboxylic acids is 1. The predicted octanol–water partition coefficient (Wildman–Crippen LogP) is 5.35. The molecule has 3 rings (SSSR count). The van der Waals surface area contributed by atoms with Gasteiger partial charge >= 0.3 is 6.03 Å². The van der Waals surface area contributed by atoms with Crippen LogP contribution in [-0.4, -0.2) is 6.03 Å². The van der Waals surface area contributed by atoms with Crippen LogP contribution in [0.1, 0.15) is 0 Å². The molecule has 0 atom stereocenters. The highest BCUT2D eigenvalue weighted by Crippen LogP contribution is 2.22. The van der Waals surface area contributed by atoms with Crippen molar-refractivity contribution in [3.05, 3.63) is 84.4 Å². The second-order valence-corrected chi connectivity index (χ2v) is 5.27. The van der Waals surface area contributed by atoms with Crippen molar-refractivity contribution in [3.8, 4) is 0 Å². The van der Waals surface area contributed by atoms with E-state index in [0.717, 1.165) is 6.07 Å². The van der Waals surface area contributed by atoms with Crippen LogP contribution in [0.4, 0.5) is 36.3 Å². The fraction of sp³-hybridized carbons (Fsp3) is 0. The van der Waals surface area contributed by atoms with Gasteiger partial charge in [-0.1, -0.05) is 18.2 Å². The van der Waals surface area contributed by atoms with Crippen LogP contribution in [0.25, 0.3) is 0 Å². The summed E-state index contributed by atoms with van der Waals surface area (Å²) < 4.78 is 26.5. The topological polar surface area (TPSA) is 53.2 Å². The molecule has 0 aliphatic carbocycles. The number of para-hydroxylation sites is 1. The molecule has 25 heavy (non-hydrogen) atoms. The molecule has 0 radical (unpaired) electrons. The summed E-state index contributed by atoms with van der Waals surface area (Å²) in [5, 5.41) is 8.26. The maximum Gasteiger partial charge on any atom is 0.323 e. The highest BCUT2D eigenvalue weighted by Gasteiger charge is 2.05. The molecule has 3 N–H and O–H groups in total. The summed E-state index contributed by atoms with van der Waals surface area (Å²) >= 11 is 0. The minimum absolute atomic E-state index is 0.170. The van der Waals surface area contributed by atoms with Crippen LogP contribution in [0.15, 0.2) is 72.8 Å². The van der Waals surface area contributed by atoms with Crippen LogP contribution in [0, 0.1) is 11.6 Å². The maximum atomic E-state index is 13.6. The van der Waals surface area contributed by atoms with E-state index in [1.807, 2.05) is 18.2 Å². The van der Waals surface area contributed by atoms with Crippen molar-refractivity contribution in [1.29, 1.82) is 0 Å². The number of halogens is 2. The first kappa shape index (κ1) is 16.4. The molecule has 0 saturated heterocycles. The first-order chi connectivity index (χ1) is 12.1. The minimum atomic E-state index is -0.676. The first-order valence-corrected chi connectivity index (χ1v) is 7.55. The molecule has 3 aromatic carbocycles. The van der Waals surface area contributed by atoms with Crippen LogP contribution in [0.2, 0.25) is 0 Å². The molecule has 0 bridgehead atoms. The van der Waals surface area contributed by atoms with Gasteiger partial charge in [0.15, 0.2) is 0 Å². The van der Waals surface area contributed by atoms with Crippen LogP contribution < -0.4 is 16.0 Å². The van der Waals surface area contributed by atoms with Gasteiger partial charge in [0, 0.05) is 23.1 Å². The van der Waals surface area contributed by atoms with Crippen LogP contribution in [-0.2, 0) is 0 Å². The zero-order valence-corrected chi connectivity index (χ0v) is 13.1. The SMILES string of the molecule is O=C(Nc1ccccc1)Nc1ccc(Nc2ccc(F)cc2F)cc1. The molecule has 0 aliphatic rings. The molecule has 0 saturated carbocycles. The van der Waals surface area contributed by atoms with E-state index in [1.165, 1.54) is 12.1 Å². The summed E-state index contributed by atoms with van der Waals surface area (Å²) in [4.78, 5) is 11.9. The largest absolute Gasteiger partial charge is 0.353 e. The summed E-state index contributed by atoms with van der Waals surface area (Å²) in [6, 6.07) is 18.7. The van der Waals surface area contributed by atoms with Gasteiger partial charge in [0.2, 0.25) is 0 Å². The molecular formula is C19H15F2N3O. The molecule has 2 amide bonds. The van der Waals surface area contributed by atoms with Crippen molar-refractivity contribution in [2.75, 3.05) is 16.0 Å². The van der Waals surface area contributed by atoms with Gasteiger partial charge in [0.1, 0.15) is 11.6 Å². The fourth-order valence-electron chi connectivity index (χ4n) is 2.20. The lowest BCUT2D eigenvalue weighted by molar-refractivity contribution is 0.262. The summed E-state index contributed by atoms with van der Waals surface area (Å²) in [5.41, 5.74) is 2.05. The Morgan fingerprint density at radius 2 is 1.32 bits per heavy atom. The zero-order chi connectivity index (χ0) is 17.6. The number of hydrogen-bond donors (Lipinski definition) is 3. The van der Waals surface area contributed by atoms with E-state index in [4.69, 9.17) is 0 Å². The smallest absolute Gasteiger partial charge is 0.323 e. The average molecular weight is 339 g/mol. The molecule has 0 heterocycles. The third-order valence-electron chi connectivity index (χ3n) is 3.38. The molecule has 126 valence electrons. The van der Waals surface area contributed by atoms with Gasteiger partial charge in [0.25, 0.3) is 0 Å². The van der Waals surface area contributed by atoms with Crippen molar-refractivity contribution in [2.24, 2.45) is 0 Å². The van der Waals surface area contributed by atoms with Gasteiger partial charge in [-0.3, -0.25) is 0 Å². The Balaban J connectivity index is 1.61. The molecular weight excluding hydrogens is 324 g/mol. The predicted molar refractivity (Wildman–Crippen MR) is 95.2 cm³/mol. The molecule has 3 aromatic rings. The number of urea groups is 1. The van der Waals surface area contributed by atoms with E-state index in [1.54, 1.807) is 36.4 Å². The van der Waals surface area contributed by atoms with Gasteiger partial charge in [-0.25, -0.2) is 13.6 Å². The van der Waals surface area contributed by atoms with E-state index in [2.05, 4.69) is 16.0 Å². The average Bonchev–Trinajstić information content (AvgIpc) is 2.60. The number of benzene rings is 3. The molecule has 0 unspecified atom stereocenters. The van der Waals surface area contributed by atoms with Gasteiger partial charge < -0.3 is 16.0 Å². The number of rotatable bonds is 4. The molecule has 0 spiro atoms. The number of carbonyl (C=O) groups is 1. The summed E-state index contributed by atoms with van der Waals surface area (Å²) in [5.74, 6) is -1.31. The van der Waals surface area contributed by atoms with E-state index < -0.39 is 11.6 Å². The normalized spacial score (nSPS) is 10.2. The van der Waals surface area contributed by atoms with Crippen LogP contribution in [0.3, 0.4) is 0 Å². The molecule has 6 heteroatoms. The Morgan fingerprint density at radius 1 is 0.720 bits per heavy atom. The lowest BCUT2D eigenvalue weighted by atomic mass is 10.2. The third-order valence-corrected chi connectivity index (χ3v) is 3.38. The van der Waals surface area contributed by atoms with Crippen molar-refractivity contribution >= 4 is 28.8 Å². The maximum absolute atomic E-state index is 13.6. The Hall–Kier alpha value is -3.41. The third kappa shape index (κ3) is 4.54. The van der Waals surface area contributed by atoms with Crippen molar-refractivity contribution in [1.82, 2.24) is 0 Å². The Morgan fingerprint density at radius 3 is 1.96 bits per heavy atom. The van der Waals surface area contributed by atoms with Gasteiger partial charge in [-0.15, -0.1) is 0 Å². The molecule has 0 aromatic heterocycles. The monoisotopic (exact) mass is 339 g/mol. The first-order valence-electron chi connectivity index (χ1n) is 7.55. The zero-order valence-electron chi connectivity index (χ0n) is 13.1. The lowest BCUT2D eigenvalue weighted by Gasteiger charge is -2.10.